The summed E-state index contributed by atoms with van der Waals surface area (Å²) in [6.07, 6.45) is -0.697. The van der Waals surface area contributed by atoms with Gasteiger partial charge in [0.25, 0.3) is 5.91 Å². The third-order valence-electron chi connectivity index (χ3n) is 4.20. The van der Waals surface area contributed by atoms with Crippen molar-refractivity contribution in [1.82, 2.24) is 15.1 Å². The molecular formula is C22H20ClN5O4. The molecule has 0 radical (unpaired) electrons. The summed E-state index contributed by atoms with van der Waals surface area (Å²) < 4.78 is 10.2. The van der Waals surface area contributed by atoms with Gasteiger partial charge in [0.15, 0.2) is 5.82 Å². The van der Waals surface area contributed by atoms with Gasteiger partial charge in [0.05, 0.1) is 11.0 Å². The second kappa shape index (κ2) is 8.35. The molecule has 2 heterocycles. The van der Waals surface area contributed by atoms with E-state index in [1.54, 1.807) is 51.1 Å². The number of carbonyl (C=O) groups is 2. The van der Waals surface area contributed by atoms with Crippen molar-refractivity contribution in [2.24, 2.45) is 0 Å². The number of aromatic amines is 1. The maximum atomic E-state index is 12.5. The monoisotopic (exact) mass is 453 g/mol. The fourth-order valence-electron chi connectivity index (χ4n) is 2.90. The van der Waals surface area contributed by atoms with Crippen molar-refractivity contribution in [2.45, 2.75) is 26.4 Å². The van der Waals surface area contributed by atoms with Crippen molar-refractivity contribution in [3.05, 3.63) is 59.3 Å². The quantitative estimate of drug-likeness (QED) is 0.376. The van der Waals surface area contributed by atoms with Crippen LogP contribution in [0.15, 0.2) is 53.1 Å². The van der Waals surface area contributed by atoms with Crippen LogP contribution in [0, 0.1) is 0 Å². The Labute approximate surface area is 188 Å². The van der Waals surface area contributed by atoms with E-state index in [1.807, 2.05) is 12.1 Å². The minimum Gasteiger partial charge on any atom is -0.444 e. The van der Waals surface area contributed by atoms with Crippen LogP contribution in [0.2, 0.25) is 5.02 Å². The highest BCUT2D eigenvalue weighted by atomic mass is 35.5. The zero-order chi connectivity index (χ0) is 22.9. The number of nitrogens with one attached hydrogen (secondary N) is 3. The number of aromatic nitrogens is 3. The summed E-state index contributed by atoms with van der Waals surface area (Å²) in [5.74, 6) is 0.115. The van der Waals surface area contributed by atoms with Crippen LogP contribution in [0.4, 0.5) is 16.3 Å². The first-order valence-electron chi connectivity index (χ1n) is 9.70. The lowest BCUT2D eigenvalue weighted by molar-refractivity contribution is 0.0634. The van der Waals surface area contributed by atoms with E-state index < -0.39 is 17.6 Å². The number of benzene rings is 2. The van der Waals surface area contributed by atoms with Gasteiger partial charge in [-0.2, -0.15) is 0 Å². The van der Waals surface area contributed by atoms with Crippen molar-refractivity contribution in [3.63, 3.8) is 0 Å². The highest BCUT2D eigenvalue weighted by Crippen LogP contribution is 2.25. The third-order valence-corrected chi connectivity index (χ3v) is 4.44. The molecular weight excluding hydrogens is 434 g/mol. The number of imidazole rings is 1. The Morgan fingerprint density at radius 1 is 1.09 bits per heavy atom. The topological polar surface area (TPSA) is 122 Å². The average molecular weight is 454 g/mol. The molecule has 0 saturated heterocycles. The van der Waals surface area contributed by atoms with Gasteiger partial charge < -0.3 is 19.6 Å². The van der Waals surface area contributed by atoms with Crippen LogP contribution < -0.4 is 10.6 Å². The Kier molecular flexibility index (Phi) is 5.58. The second-order valence-electron chi connectivity index (χ2n) is 7.99. The first kappa shape index (κ1) is 21.4. The Balaban J connectivity index is 1.46. The highest BCUT2D eigenvalue weighted by molar-refractivity contribution is 6.31. The second-order valence-corrected chi connectivity index (χ2v) is 8.42. The number of carbonyl (C=O) groups excluding carboxylic acids is 2. The molecule has 0 spiro atoms. The summed E-state index contributed by atoms with van der Waals surface area (Å²) >= 11 is 6.03. The number of amides is 2. The number of nitrogens with zero attached hydrogens (tertiary/aromatic N) is 2. The lowest BCUT2D eigenvalue weighted by atomic mass is 10.2. The molecule has 2 aromatic heterocycles. The maximum absolute atomic E-state index is 12.5. The predicted molar refractivity (Wildman–Crippen MR) is 121 cm³/mol. The minimum absolute atomic E-state index is 0.0686. The summed E-state index contributed by atoms with van der Waals surface area (Å²) in [6.45, 7) is 5.22. The predicted octanol–water partition coefficient (Wildman–Crippen LogP) is 5.47. The van der Waals surface area contributed by atoms with E-state index in [2.05, 4.69) is 25.8 Å². The lowest BCUT2D eigenvalue weighted by Gasteiger charge is -2.18. The van der Waals surface area contributed by atoms with E-state index in [-0.39, 0.29) is 11.6 Å². The van der Waals surface area contributed by atoms with Crippen molar-refractivity contribution in [3.8, 4) is 11.4 Å². The SMILES string of the molecule is CC(C)(C)OC(=O)Nc1cc(C(=O)Nc2cccc(-c3nc4ccc(Cl)cc4[nH]3)c2)on1. The Bertz CT molecular complexity index is 1310. The van der Waals surface area contributed by atoms with E-state index in [4.69, 9.17) is 20.9 Å². The van der Waals surface area contributed by atoms with E-state index in [0.29, 0.717) is 16.5 Å². The molecule has 2 amide bonds. The molecule has 4 rings (SSSR count). The molecule has 10 heteroatoms. The van der Waals surface area contributed by atoms with Crippen LogP contribution >= 0.6 is 11.6 Å². The van der Waals surface area contributed by atoms with Crippen LogP contribution in [-0.4, -0.2) is 32.7 Å². The van der Waals surface area contributed by atoms with E-state index in [9.17, 15) is 9.59 Å². The number of hydrogen-bond donors (Lipinski definition) is 3. The molecule has 0 saturated carbocycles. The summed E-state index contributed by atoms with van der Waals surface area (Å²) in [4.78, 5) is 32.1. The molecule has 164 valence electrons. The highest BCUT2D eigenvalue weighted by Gasteiger charge is 2.19. The van der Waals surface area contributed by atoms with Gasteiger partial charge in [-0.25, -0.2) is 9.78 Å². The molecule has 4 aromatic rings. The smallest absolute Gasteiger partial charge is 0.413 e. The minimum atomic E-state index is -0.697. The van der Waals surface area contributed by atoms with Gasteiger partial charge in [-0.3, -0.25) is 10.1 Å². The Morgan fingerprint density at radius 3 is 2.69 bits per heavy atom. The number of anilines is 2. The van der Waals surface area contributed by atoms with Crippen LogP contribution in [0.25, 0.3) is 22.4 Å². The van der Waals surface area contributed by atoms with Gasteiger partial charge in [-0.15, -0.1) is 0 Å². The molecule has 0 aliphatic rings. The van der Waals surface area contributed by atoms with Crippen LogP contribution in [-0.2, 0) is 4.74 Å². The summed E-state index contributed by atoms with van der Waals surface area (Å²) in [5, 5.41) is 9.44. The van der Waals surface area contributed by atoms with Gasteiger partial charge >= 0.3 is 6.09 Å². The van der Waals surface area contributed by atoms with Gasteiger partial charge in [0.2, 0.25) is 5.76 Å². The van der Waals surface area contributed by atoms with Gasteiger partial charge in [-0.1, -0.05) is 28.9 Å². The fourth-order valence-corrected chi connectivity index (χ4v) is 3.08. The number of H-pyrrole nitrogens is 1. The van der Waals surface area contributed by atoms with E-state index in [0.717, 1.165) is 16.6 Å². The molecule has 9 nitrogen and oxygen atoms in total. The normalized spacial score (nSPS) is 11.4. The van der Waals surface area contributed by atoms with E-state index >= 15 is 0 Å². The number of rotatable bonds is 4. The van der Waals surface area contributed by atoms with Crippen LogP contribution in [0.5, 0.6) is 0 Å². The summed E-state index contributed by atoms with van der Waals surface area (Å²) in [7, 11) is 0. The van der Waals surface area contributed by atoms with Gasteiger partial charge in [0.1, 0.15) is 11.4 Å². The van der Waals surface area contributed by atoms with Gasteiger partial charge in [0, 0.05) is 22.3 Å². The first-order chi connectivity index (χ1) is 15.2. The molecule has 0 atom stereocenters. The molecule has 0 unspecified atom stereocenters. The largest absolute Gasteiger partial charge is 0.444 e. The average Bonchev–Trinajstić information content (AvgIpc) is 3.33. The summed E-state index contributed by atoms with van der Waals surface area (Å²) in [5.41, 5.74) is 2.24. The molecule has 2 aromatic carbocycles. The van der Waals surface area contributed by atoms with Crippen LogP contribution in [0.3, 0.4) is 0 Å². The van der Waals surface area contributed by atoms with Crippen LogP contribution in [0.1, 0.15) is 31.3 Å². The fraction of sp³-hybridized carbons (Fsp3) is 0.182. The lowest BCUT2D eigenvalue weighted by Crippen LogP contribution is -2.27. The van der Waals surface area contributed by atoms with Gasteiger partial charge in [-0.05, 0) is 51.1 Å². The Morgan fingerprint density at radius 2 is 1.91 bits per heavy atom. The molecule has 0 aliphatic carbocycles. The standard InChI is InChI=1S/C22H20ClN5O4/c1-22(2,3)31-21(30)27-18-11-17(32-28-18)20(29)24-14-6-4-5-12(9-14)19-25-15-8-7-13(23)10-16(15)26-19/h4-11H,1-3H3,(H,24,29)(H,25,26)(H,27,28,30). The molecule has 0 bridgehead atoms. The molecule has 3 N–H and O–H groups in total. The first-order valence-corrected chi connectivity index (χ1v) is 10.1. The number of halogens is 1. The molecule has 32 heavy (non-hydrogen) atoms. The van der Waals surface area contributed by atoms with Crippen molar-refractivity contribution in [2.75, 3.05) is 10.6 Å². The molecule has 0 fully saturated rings. The third kappa shape index (κ3) is 5.06. The zero-order valence-corrected chi connectivity index (χ0v) is 18.3. The number of fused-ring (bicyclic) bond motifs is 1. The zero-order valence-electron chi connectivity index (χ0n) is 17.5. The number of ether oxygens (including phenoxy) is 1. The Hall–Kier alpha value is -3.85. The van der Waals surface area contributed by atoms with Crippen molar-refractivity contribution >= 4 is 46.1 Å². The van der Waals surface area contributed by atoms with Crippen molar-refractivity contribution in [1.29, 1.82) is 0 Å². The maximum Gasteiger partial charge on any atom is 0.413 e. The summed E-state index contributed by atoms with van der Waals surface area (Å²) in [6, 6.07) is 13.9. The van der Waals surface area contributed by atoms with Crippen molar-refractivity contribution < 1.29 is 18.8 Å². The van der Waals surface area contributed by atoms with E-state index in [1.165, 1.54) is 6.07 Å². The molecule has 0 aliphatic heterocycles. The number of hydrogen-bond acceptors (Lipinski definition) is 6.